The van der Waals surface area contributed by atoms with Crippen molar-refractivity contribution in [2.45, 2.75) is 32.1 Å². The second-order valence-corrected chi connectivity index (χ2v) is 9.57. The molecule has 5 rings (SSSR count). The fourth-order valence-corrected chi connectivity index (χ4v) is 5.83. The maximum absolute atomic E-state index is 12.8. The molecule has 0 bridgehead atoms. The molecule has 2 aromatic carbocycles. The fourth-order valence-electron chi connectivity index (χ4n) is 5.44. The summed E-state index contributed by atoms with van der Waals surface area (Å²) < 4.78 is 3.02. The summed E-state index contributed by atoms with van der Waals surface area (Å²) in [4.78, 5) is 16.4. The maximum atomic E-state index is 12.8. The van der Waals surface area contributed by atoms with E-state index in [-0.39, 0.29) is 23.3 Å². The van der Waals surface area contributed by atoms with Crippen LogP contribution in [0.25, 0.3) is 21.8 Å². The Morgan fingerprint density at radius 2 is 1.97 bits per heavy atom. The van der Waals surface area contributed by atoms with Gasteiger partial charge in [-0.1, -0.05) is 72.3 Å². The van der Waals surface area contributed by atoms with Gasteiger partial charge in [-0.3, -0.25) is 0 Å². The average molecular weight is 472 g/mol. The smallest absolute Gasteiger partial charge is 0.226 e. The Kier molecular flexibility index (Phi) is 4.71. The summed E-state index contributed by atoms with van der Waals surface area (Å²) in [6.45, 7) is 11.7. The van der Waals surface area contributed by atoms with E-state index in [9.17, 15) is 4.79 Å². The van der Waals surface area contributed by atoms with Crippen molar-refractivity contribution in [3.05, 3.63) is 93.5 Å². The van der Waals surface area contributed by atoms with Crippen LogP contribution in [-0.4, -0.2) is 15.6 Å². The normalized spacial score (nSPS) is 24.7. The molecule has 1 heterocycles. The molecule has 0 unspecified atom stereocenters. The topological polar surface area (TPSA) is 39.2 Å². The zero-order valence-electron chi connectivity index (χ0n) is 17.5. The molecule has 0 saturated heterocycles. The minimum Gasteiger partial charge on any atom is -0.308 e. The standard InChI is InChI=1S/C26H22BrN3O/c1-16-21-13-12-20-23(17-8-5-4-6-9-17)29-30(19-11-7-10-18(27)14-19)25(20)26(21,2)15-22(28-3)24(16)31/h4-11,14-16,21H,12-13H2,1-2H3/t16-,21-,26-/m1/s1. The van der Waals surface area contributed by atoms with E-state index in [0.29, 0.717) is 0 Å². The Morgan fingerprint density at radius 3 is 2.68 bits per heavy atom. The van der Waals surface area contributed by atoms with Crippen LogP contribution in [0.4, 0.5) is 0 Å². The summed E-state index contributed by atoms with van der Waals surface area (Å²) in [5, 5.41) is 5.11. The number of allylic oxidation sites excluding steroid dienone is 2. The monoisotopic (exact) mass is 471 g/mol. The molecule has 0 fully saturated rings. The van der Waals surface area contributed by atoms with Crippen molar-refractivity contribution in [2.24, 2.45) is 11.8 Å². The first-order valence-corrected chi connectivity index (χ1v) is 11.3. The van der Waals surface area contributed by atoms with Gasteiger partial charge in [0.1, 0.15) is 0 Å². The molecule has 2 aliphatic rings. The molecule has 3 aromatic rings. The van der Waals surface area contributed by atoms with E-state index in [1.807, 2.05) is 48.0 Å². The molecule has 0 saturated carbocycles. The van der Waals surface area contributed by atoms with Crippen molar-refractivity contribution in [1.29, 1.82) is 0 Å². The van der Waals surface area contributed by atoms with Gasteiger partial charge in [0, 0.05) is 26.9 Å². The van der Waals surface area contributed by atoms with E-state index in [4.69, 9.17) is 11.7 Å². The van der Waals surface area contributed by atoms with Crippen LogP contribution in [0.2, 0.25) is 0 Å². The van der Waals surface area contributed by atoms with Crippen molar-refractivity contribution in [3.63, 3.8) is 0 Å². The molecule has 5 heteroatoms. The van der Waals surface area contributed by atoms with Gasteiger partial charge in [-0.25, -0.2) is 9.53 Å². The van der Waals surface area contributed by atoms with Gasteiger partial charge in [0.2, 0.25) is 5.70 Å². The van der Waals surface area contributed by atoms with Gasteiger partial charge in [-0.2, -0.15) is 5.10 Å². The van der Waals surface area contributed by atoms with E-state index in [1.165, 1.54) is 5.56 Å². The van der Waals surface area contributed by atoms with Gasteiger partial charge >= 0.3 is 0 Å². The van der Waals surface area contributed by atoms with Crippen LogP contribution in [0, 0.1) is 18.4 Å². The first-order valence-electron chi connectivity index (χ1n) is 10.5. The van der Waals surface area contributed by atoms with Crippen molar-refractivity contribution in [3.8, 4) is 16.9 Å². The van der Waals surface area contributed by atoms with E-state index < -0.39 is 5.41 Å². The van der Waals surface area contributed by atoms with Crippen LogP contribution in [-0.2, 0) is 16.6 Å². The van der Waals surface area contributed by atoms with Crippen molar-refractivity contribution in [1.82, 2.24) is 9.78 Å². The van der Waals surface area contributed by atoms with Crippen molar-refractivity contribution >= 4 is 21.7 Å². The lowest BCUT2D eigenvalue weighted by Crippen LogP contribution is -2.46. The molecular weight excluding hydrogens is 450 g/mol. The van der Waals surface area contributed by atoms with Crippen molar-refractivity contribution < 1.29 is 4.79 Å². The zero-order chi connectivity index (χ0) is 21.8. The SMILES string of the molecule is [C-]#[N+]C1=C[C@@]2(C)c3c(c(-c4ccccc4)nn3-c3cccc(Br)c3)CC[C@@H]2[C@@H](C)C1=O. The van der Waals surface area contributed by atoms with Crippen LogP contribution in [0.1, 0.15) is 31.5 Å². The molecular formula is C26H22BrN3O. The molecule has 2 aliphatic carbocycles. The summed E-state index contributed by atoms with van der Waals surface area (Å²) in [7, 11) is 0. The Balaban J connectivity index is 1.83. The number of fused-ring (bicyclic) bond motifs is 3. The summed E-state index contributed by atoms with van der Waals surface area (Å²) in [5.74, 6) is -0.0692. The quantitative estimate of drug-likeness (QED) is 0.420. The molecule has 1 aromatic heterocycles. The van der Waals surface area contributed by atoms with E-state index in [1.54, 1.807) is 0 Å². The first-order chi connectivity index (χ1) is 14.9. The van der Waals surface area contributed by atoms with Gasteiger partial charge in [-0.05, 0) is 37.0 Å². The Hall–Kier alpha value is -2.97. The Morgan fingerprint density at radius 1 is 1.19 bits per heavy atom. The molecule has 0 radical (unpaired) electrons. The summed E-state index contributed by atoms with van der Waals surface area (Å²) >= 11 is 3.59. The molecule has 0 spiro atoms. The van der Waals surface area contributed by atoms with Crippen molar-refractivity contribution in [2.75, 3.05) is 0 Å². The van der Waals surface area contributed by atoms with E-state index in [2.05, 4.69) is 52.0 Å². The molecule has 3 atom stereocenters. The third-order valence-electron chi connectivity index (χ3n) is 6.90. The van der Waals surface area contributed by atoms with E-state index >= 15 is 0 Å². The molecule has 154 valence electrons. The highest BCUT2D eigenvalue weighted by molar-refractivity contribution is 9.10. The minimum atomic E-state index is -0.441. The fraction of sp³-hybridized carbons (Fsp3) is 0.269. The zero-order valence-corrected chi connectivity index (χ0v) is 19.1. The average Bonchev–Trinajstić information content (AvgIpc) is 3.18. The number of carbonyl (C=O) groups excluding carboxylic acids is 1. The summed E-state index contributed by atoms with van der Waals surface area (Å²) in [6, 6.07) is 18.4. The summed E-state index contributed by atoms with van der Waals surface area (Å²) in [6.07, 6.45) is 3.69. The molecule has 0 amide bonds. The number of carbonyl (C=O) groups is 1. The third kappa shape index (κ3) is 3.01. The lowest BCUT2D eigenvalue weighted by molar-refractivity contribution is -0.121. The molecule has 31 heavy (non-hydrogen) atoms. The van der Waals surface area contributed by atoms with Gasteiger partial charge in [0.15, 0.2) is 5.78 Å². The lowest BCUT2D eigenvalue weighted by Gasteiger charge is -2.45. The largest absolute Gasteiger partial charge is 0.308 e. The van der Waals surface area contributed by atoms with Gasteiger partial charge in [0.05, 0.1) is 23.6 Å². The molecule has 0 aliphatic heterocycles. The number of aromatic nitrogens is 2. The van der Waals surface area contributed by atoms with Crippen LogP contribution in [0.5, 0.6) is 0 Å². The van der Waals surface area contributed by atoms with E-state index in [0.717, 1.165) is 40.0 Å². The number of nitrogens with zero attached hydrogens (tertiary/aromatic N) is 3. The second-order valence-electron chi connectivity index (χ2n) is 8.66. The number of benzene rings is 2. The third-order valence-corrected chi connectivity index (χ3v) is 7.39. The lowest BCUT2D eigenvalue weighted by atomic mass is 9.58. The molecule has 4 nitrogen and oxygen atoms in total. The van der Waals surface area contributed by atoms with Gasteiger partial charge in [0.25, 0.3) is 0 Å². The van der Waals surface area contributed by atoms with Gasteiger partial charge < -0.3 is 4.79 Å². The minimum absolute atomic E-state index is 0.0299. The Bertz CT molecular complexity index is 1270. The number of rotatable bonds is 2. The number of halogens is 1. The van der Waals surface area contributed by atoms with Crippen LogP contribution in [0.15, 0.2) is 70.8 Å². The highest BCUT2D eigenvalue weighted by Crippen LogP contribution is 2.52. The van der Waals surface area contributed by atoms with Crippen LogP contribution < -0.4 is 0 Å². The number of hydrogen-bond acceptors (Lipinski definition) is 2. The number of Topliss-reactive ketones (excluding diaryl/α,β-unsaturated/α-hetero) is 1. The predicted molar refractivity (Wildman–Crippen MR) is 125 cm³/mol. The predicted octanol–water partition coefficient (Wildman–Crippen LogP) is 6.14. The second kappa shape index (κ2) is 7.32. The maximum Gasteiger partial charge on any atom is 0.226 e. The van der Waals surface area contributed by atoms with Gasteiger partial charge in [-0.15, -0.1) is 0 Å². The van der Waals surface area contributed by atoms with Crippen LogP contribution in [0.3, 0.4) is 0 Å². The highest BCUT2D eigenvalue weighted by Gasteiger charge is 2.50. The summed E-state index contributed by atoms with van der Waals surface area (Å²) in [5.41, 5.74) is 5.16. The Labute approximate surface area is 190 Å². The molecule has 0 N–H and O–H groups in total. The van der Waals surface area contributed by atoms with Crippen LogP contribution >= 0.6 is 15.9 Å². The first kappa shape index (κ1) is 20.0. The number of ketones is 1. The number of hydrogen-bond donors (Lipinski definition) is 0. The highest BCUT2D eigenvalue weighted by atomic mass is 79.9.